The van der Waals surface area contributed by atoms with Crippen LogP contribution >= 0.6 is 0 Å². The molecule has 0 aliphatic rings. The third-order valence-electron chi connectivity index (χ3n) is 3.15. The summed E-state index contributed by atoms with van der Waals surface area (Å²) < 4.78 is 19.0. The average Bonchev–Trinajstić information content (AvgIpc) is 2.46. The van der Waals surface area contributed by atoms with Gasteiger partial charge in [0.05, 0.1) is 0 Å². The Labute approximate surface area is 124 Å². The summed E-state index contributed by atoms with van der Waals surface area (Å²) in [5.41, 5.74) is 1.92. The van der Waals surface area contributed by atoms with Crippen molar-refractivity contribution in [3.8, 4) is 5.75 Å². The molecule has 0 saturated heterocycles. The van der Waals surface area contributed by atoms with Crippen molar-refractivity contribution in [3.63, 3.8) is 0 Å². The molecule has 0 spiro atoms. The normalized spacial score (nSPS) is 10.5. The molecule has 110 valence electrons. The van der Waals surface area contributed by atoms with Gasteiger partial charge in [0.2, 0.25) is 0 Å². The number of halogens is 1. The zero-order chi connectivity index (χ0) is 15.2. The van der Waals surface area contributed by atoms with Crippen LogP contribution in [0, 0.1) is 5.82 Å². The number of rotatable bonds is 6. The second-order valence-corrected chi connectivity index (χ2v) is 4.95. The Morgan fingerprint density at radius 1 is 1.05 bits per heavy atom. The standard InChI is InChI=1S/C16H18BFO3/c1-2-3-12-4-6-16(7-5-12)21-11-13-8-14(17(19)20)10-15(18)9-13/h4-10,19-20H,2-3,11H2,1H3. The highest BCUT2D eigenvalue weighted by Gasteiger charge is 2.13. The molecule has 2 rings (SSSR count). The van der Waals surface area contributed by atoms with Crippen molar-refractivity contribution >= 4 is 12.6 Å². The zero-order valence-corrected chi connectivity index (χ0v) is 11.9. The van der Waals surface area contributed by atoms with Crippen LogP contribution < -0.4 is 10.2 Å². The Balaban J connectivity index is 2.02. The predicted molar refractivity (Wildman–Crippen MR) is 81.0 cm³/mol. The molecular weight excluding hydrogens is 270 g/mol. The smallest absolute Gasteiger partial charge is 0.488 e. The van der Waals surface area contributed by atoms with Gasteiger partial charge in [-0.25, -0.2) is 4.39 Å². The molecule has 0 fully saturated rings. The summed E-state index contributed by atoms with van der Waals surface area (Å²) in [7, 11) is -1.69. The van der Waals surface area contributed by atoms with E-state index in [2.05, 4.69) is 6.92 Å². The van der Waals surface area contributed by atoms with Gasteiger partial charge in [-0.15, -0.1) is 0 Å². The summed E-state index contributed by atoms with van der Waals surface area (Å²) in [6.07, 6.45) is 2.12. The van der Waals surface area contributed by atoms with Gasteiger partial charge in [-0.05, 0) is 47.3 Å². The number of aryl methyl sites for hydroxylation is 1. The van der Waals surface area contributed by atoms with Gasteiger partial charge in [-0.2, -0.15) is 0 Å². The maximum absolute atomic E-state index is 13.4. The van der Waals surface area contributed by atoms with E-state index in [4.69, 9.17) is 14.8 Å². The van der Waals surface area contributed by atoms with Crippen LogP contribution in [0.2, 0.25) is 0 Å². The first-order valence-corrected chi connectivity index (χ1v) is 6.95. The van der Waals surface area contributed by atoms with E-state index in [0.29, 0.717) is 11.3 Å². The molecule has 2 aromatic rings. The molecule has 0 aliphatic heterocycles. The molecule has 2 N–H and O–H groups in total. The third-order valence-corrected chi connectivity index (χ3v) is 3.15. The minimum Gasteiger partial charge on any atom is -0.489 e. The van der Waals surface area contributed by atoms with Crippen LogP contribution in [0.15, 0.2) is 42.5 Å². The van der Waals surface area contributed by atoms with Gasteiger partial charge in [0, 0.05) is 0 Å². The molecular formula is C16H18BFO3. The van der Waals surface area contributed by atoms with Gasteiger partial charge in [-0.1, -0.05) is 31.5 Å². The summed E-state index contributed by atoms with van der Waals surface area (Å²) in [6.45, 7) is 2.30. The second-order valence-electron chi connectivity index (χ2n) is 4.95. The second kappa shape index (κ2) is 7.25. The SMILES string of the molecule is CCCc1ccc(OCc2cc(F)cc(B(O)O)c2)cc1. The van der Waals surface area contributed by atoms with Crippen LogP contribution in [0.3, 0.4) is 0 Å². The van der Waals surface area contributed by atoms with Crippen LogP contribution in [-0.2, 0) is 13.0 Å². The lowest BCUT2D eigenvalue weighted by molar-refractivity contribution is 0.305. The van der Waals surface area contributed by atoms with E-state index in [1.54, 1.807) is 0 Å². The van der Waals surface area contributed by atoms with E-state index >= 15 is 0 Å². The molecule has 0 aliphatic carbocycles. The van der Waals surface area contributed by atoms with Crippen molar-refractivity contribution in [3.05, 3.63) is 59.4 Å². The Morgan fingerprint density at radius 3 is 2.38 bits per heavy atom. The summed E-state index contributed by atoms with van der Waals surface area (Å²) in [5, 5.41) is 18.2. The molecule has 0 bridgehead atoms. The molecule has 0 atom stereocenters. The molecule has 0 radical (unpaired) electrons. The molecule has 0 unspecified atom stereocenters. The Morgan fingerprint density at radius 2 is 1.76 bits per heavy atom. The maximum atomic E-state index is 13.4. The molecule has 2 aromatic carbocycles. The molecule has 0 aromatic heterocycles. The quantitative estimate of drug-likeness (QED) is 0.800. The topological polar surface area (TPSA) is 49.7 Å². The lowest BCUT2D eigenvalue weighted by atomic mass is 9.79. The largest absolute Gasteiger partial charge is 0.489 e. The Hall–Kier alpha value is -1.85. The summed E-state index contributed by atoms with van der Waals surface area (Å²) in [5.74, 6) is 0.183. The van der Waals surface area contributed by atoms with E-state index in [1.807, 2.05) is 24.3 Å². The molecule has 21 heavy (non-hydrogen) atoms. The van der Waals surface area contributed by atoms with Crippen LogP contribution in [0.4, 0.5) is 4.39 Å². The lowest BCUT2D eigenvalue weighted by Gasteiger charge is -2.09. The van der Waals surface area contributed by atoms with Crippen molar-refractivity contribution in [1.29, 1.82) is 0 Å². The summed E-state index contributed by atoms with van der Waals surface area (Å²) in [6, 6.07) is 11.7. The van der Waals surface area contributed by atoms with Crippen molar-refractivity contribution < 1.29 is 19.2 Å². The number of ether oxygens (including phenoxy) is 1. The van der Waals surface area contributed by atoms with Crippen molar-refractivity contribution in [2.24, 2.45) is 0 Å². The first-order valence-electron chi connectivity index (χ1n) is 6.95. The Kier molecular flexibility index (Phi) is 5.36. The average molecular weight is 288 g/mol. The minimum absolute atomic E-state index is 0.117. The lowest BCUT2D eigenvalue weighted by Crippen LogP contribution is -2.30. The van der Waals surface area contributed by atoms with E-state index in [9.17, 15) is 4.39 Å². The fourth-order valence-electron chi connectivity index (χ4n) is 2.12. The highest BCUT2D eigenvalue weighted by Crippen LogP contribution is 2.15. The monoisotopic (exact) mass is 288 g/mol. The van der Waals surface area contributed by atoms with Crippen molar-refractivity contribution in [2.75, 3.05) is 0 Å². The van der Waals surface area contributed by atoms with Gasteiger partial charge >= 0.3 is 7.12 Å². The first-order chi connectivity index (χ1) is 10.1. The van der Waals surface area contributed by atoms with Gasteiger partial charge in [0.25, 0.3) is 0 Å². The maximum Gasteiger partial charge on any atom is 0.488 e. The highest BCUT2D eigenvalue weighted by molar-refractivity contribution is 6.58. The molecule has 5 heteroatoms. The van der Waals surface area contributed by atoms with Crippen LogP contribution in [0.1, 0.15) is 24.5 Å². The van der Waals surface area contributed by atoms with Crippen molar-refractivity contribution in [1.82, 2.24) is 0 Å². The fourth-order valence-corrected chi connectivity index (χ4v) is 2.12. The molecule has 0 amide bonds. The first kappa shape index (κ1) is 15.5. The summed E-state index contributed by atoms with van der Waals surface area (Å²) >= 11 is 0. The zero-order valence-electron chi connectivity index (χ0n) is 11.9. The third kappa shape index (κ3) is 4.58. The molecule has 0 heterocycles. The van der Waals surface area contributed by atoms with E-state index in [0.717, 1.165) is 18.9 Å². The van der Waals surface area contributed by atoms with Crippen molar-refractivity contribution in [2.45, 2.75) is 26.4 Å². The van der Waals surface area contributed by atoms with E-state index in [1.165, 1.54) is 17.7 Å². The predicted octanol–water partition coefficient (Wildman–Crippen LogP) is 2.04. The molecule has 3 nitrogen and oxygen atoms in total. The van der Waals surface area contributed by atoms with Crippen LogP contribution in [0.25, 0.3) is 0 Å². The number of benzene rings is 2. The van der Waals surface area contributed by atoms with Gasteiger partial charge in [0.1, 0.15) is 18.2 Å². The van der Waals surface area contributed by atoms with E-state index < -0.39 is 12.9 Å². The highest BCUT2D eigenvalue weighted by atomic mass is 19.1. The Bertz CT molecular complexity index is 585. The fraction of sp³-hybridized carbons (Fsp3) is 0.250. The minimum atomic E-state index is -1.69. The van der Waals surface area contributed by atoms with Gasteiger partial charge < -0.3 is 14.8 Å². The van der Waals surface area contributed by atoms with E-state index in [-0.39, 0.29) is 12.1 Å². The van der Waals surface area contributed by atoms with Crippen LogP contribution in [-0.4, -0.2) is 17.2 Å². The number of hydrogen-bond donors (Lipinski definition) is 2. The van der Waals surface area contributed by atoms with Crippen LogP contribution in [0.5, 0.6) is 5.75 Å². The number of hydrogen-bond acceptors (Lipinski definition) is 3. The van der Waals surface area contributed by atoms with Gasteiger partial charge in [-0.3, -0.25) is 0 Å². The molecule has 0 saturated carbocycles. The summed E-state index contributed by atoms with van der Waals surface area (Å²) in [4.78, 5) is 0. The van der Waals surface area contributed by atoms with Gasteiger partial charge in [0.15, 0.2) is 0 Å².